The second kappa shape index (κ2) is 12.7. The topological polar surface area (TPSA) is 116 Å². The maximum Gasteiger partial charge on any atom is 0.573 e. The zero-order valence-electron chi connectivity index (χ0n) is 27.3. The van der Waals surface area contributed by atoms with Crippen molar-refractivity contribution in [3.8, 4) is 11.5 Å². The predicted octanol–water partition coefficient (Wildman–Crippen LogP) is 7.33. The monoisotopic (exact) mass is 765 g/mol. The average Bonchev–Trinajstić information content (AvgIpc) is 3.78. The van der Waals surface area contributed by atoms with Crippen molar-refractivity contribution in [3.05, 3.63) is 123 Å². The second-order valence-electron chi connectivity index (χ2n) is 13.5. The molecule has 272 valence electrons. The summed E-state index contributed by atoms with van der Waals surface area (Å²) in [7, 11) is 0. The van der Waals surface area contributed by atoms with Crippen LogP contribution in [0, 0.1) is 29.5 Å². The molecule has 2 aliphatic carbocycles. The van der Waals surface area contributed by atoms with Gasteiger partial charge in [0.25, 0.3) is 11.8 Å². The van der Waals surface area contributed by atoms with E-state index in [-0.39, 0.29) is 42.1 Å². The summed E-state index contributed by atoms with van der Waals surface area (Å²) in [5.41, 5.74) is 1.60. The molecule has 9 nitrogen and oxygen atoms in total. The zero-order valence-corrected chi connectivity index (χ0v) is 28.9. The summed E-state index contributed by atoms with van der Waals surface area (Å²) in [6, 6.07) is 17.5. The number of rotatable bonds is 7. The van der Waals surface area contributed by atoms with Gasteiger partial charge in [0, 0.05) is 21.4 Å². The number of benzene rings is 3. The van der Waals surface area contributed by atoms with Crippen LogP contribution in [0.5, 0.6) is 11.5 Å². The van der Waals surface area contributed by atoms with Crippen molar-refractivity contribution in [2.24, 2.45) is 23.7 Å². The van der Waals surface area contributed by atoms with E-state index < -0.39 is 76.4 Å². The molecule has 53 heavy (non-hydrogen) atoms. The third-order valence-electron chi connectivity index (χ3n) is 10.8. The Kier molecular flexibility index (Phi) is 8.37. The molecular weight excluding hydrogens is 738 g/mol. The molecule has 1 aromatic heterocycles. The molecule has 4 aromatic rings. The molecule has 3 heterocycles. The molecular formula is C38H28ClF4N3O6S. The van der Waals surface area contributed by atoms with E-state index in [4.69, 9.17) is 11.6 Å². The van der Waals surface area contributed by atoms with Gasteiger partial charge >= 0.3 is 6.36 Å². The first-order chi connectivity index (χ1) is 25.3. The van der Waals surface area contributed by atoms with Crippen LogP contribution in [0.1, 0.15) is 34.8 Å². The maximum absolute atomic E-state index is 15.2. The van der Waals surface area contributed by atoms with Gasteiger partial charge in [0.05, 0.1) is 35.4 Å². The molecule has 8 rings (SSSR count). The van der Waals surface area contributed by atoms with Gasteiger partial charge in [0.2, 0.25) is 11.8 Å². The molecule has 3 aromatic carbocycles. The number of phenols is 1. The first-order valence-electron chi connectivity index (χ1n) is 16.6. The standard InChI is InChI=1S/C38H28ClF4N3O6S/c39-20-5-3-19(4-6-20)37-29(34(49)46(36(37)51)44-22-9-7-21(40)8-10-22)17-27-25(32(37)28-16-23(11-14-30(28)47)52-38(41,42)43)12-13-26-31(27)35(50)45(33(26)48)18-24-2-1-15-53-24/h1-12,14-16,26-27,29,31-32,44,47H,13,17-18H2/t26-,27+,29-,31-,32+,37+/m0/s1. The SMILES string of the molecule is O=C1[C@H]2[C@H](CC=C3[C@H]2C[C@H]2C(=O)N(Nc4ccc(F)cc4)C(=O)[C@@]2(c2ccc(Cl)cc2)[C@H]3c2cc(OC(F)(F)F)ccc2O)C(=O)N1Cc1cccs1. The number of halogens is 5. The van der Waals surface area contributed by atoms with Gasteiger partial charge in [-0.3, -0.25) is 29.5 Å². The minimum Gasteiger partial charge on any atom is -0.508 e. The van der Waals surface area contributed by atoms with Gasteiger partial charge in [-0.2, -0.15) is 5.01 Å². The highest BCUT2D eigenvalue weighted by atomic mass is 35.5. The van der Waals surface area contributed by atoms with Crippen molar-refractivity contribution in [1.29, 1.82) is 0 Å². The quantitative estimate of drug-likeness (QED) is 0.115. The molecule has 15 heteroatoms. The summed E-state index contributed by atoms with van der Waals surface area (Å²) >= 11 is 7.66. The molecule has 1 saturated carbocycles. The normalized spacial score (nSPS) is 26.7. The maximum atomic E-state index is 15.2. The van der Waals surface area contributed by atoms with Gasteiger partial charge in [-0.1, -0.05) is 41.4 Å². The first kappa shape index (κ1) is 34.9. The number of fused-ring (bicyclic) bond motifs is 4. The first-order valence-corrected chi connectivity index (χ1v) is 17.9. The van der Waals surface area contributed by atoms with Crippen LogP contribution >= 0.6 is 22.9 Å². The van der Waals surface area contributed by atoms with E-state index in [0.29, 0.717) is 10.6 Å². The van der Waals surface area contributed by atoms with Crippen molar-refractivity contribution in [2.75, 3.05) is 5.43 Å². The highest BCUT2D eigenvalue weighted by molar-refractivity contribution is 7.09. The fraction of sp³-hybridized carbons (Fsp3) is 0.263. The van der Waals surface area contributed by atoms with E-state index in [9.17, 15) is 37.1 Å². The van der Waals surface area contributed by atoms with Crippen molar-refractivity contribution in [1.82, 2.24) is 9.91 Å². The number of hydrogen-bond acceptors (Lipinski definition) is 8. The molecule has 0 unspecified atom stereocenters. The summed E-state index contributed by atoms with van der Waals surface area (Å²) in [4.78, 5) is 59.9. The fourth-order valence-corrected chi connectivity index (χ4v) is 9.56. The summed E-state index contributed by atoms with van der Waals surface area (Å²) < 4.78 is 58.8. The summed E-state index contributed by atoms with van der Waals surface area (Å²) in [5.74, 6) is -9.28. The molecule has 2 aliphatic heterocycles. The number of aromatic hydroxyl groups is 1. The Hall–Kier alpha value is -5.21. The molecule has 0 spiro atoms. The average molecular weight is 766 g/mol. The minimum absolute atomic E-state index is 0.0519. The van der Waals surface area contributed by atoms with Crippen molar-refractivity contribution in [3.63, 3.8) is 0 Å². The molecule has 4 amide bonds. The Bertz CT molecular complexity index is 2180. The number of thiophene rings is 1. The van der Waals surface area contributed by atoms with Crippen molar-refractivity contribution in [2.45, 2.75) is 37.1 Å². The summed E-state index contributed by atoms with van der Waals surface area (Å²) in [6.07, 6.45) is -3.41. The number of ether oxygens (including phenoxy) is 1. The van der Waals surface area contributed by atoms with E-state index in [1.54, 1.807) is 30.3 Å². The van der Waals surface area contributed by atoms with Gasteiger partial charge in [-0.15, -0.1) is 24.5 Å². The smallest absolute Gasteiger partial charge is 0.508 e. The largest absolute Gasteiger partial charge is 0.573 e. The second-order valence-corrected chi connectivity index (χ2v) is 15.0. The van der Waals surface area contributed by atoms with Crippen LogP contribution in [0.15, 0.2) is 95.9 Å². The summed E-state index contributed by atoms with van der Waals surface area (Å²) in [5, 5.41) is 14.4. The molecule has 0 radical (unpaired) electrons. The van der Waals surface area contributed by atoms with Gasteiger partial charge in [-0.05, 0) is 90.4 Å². The Morgan fingerprint density at radius 1 is 0.943 bits per heavy atom. The number of anilines is 1. The van der Waals surface area contributed by atoms with Crippen LogP contribution in [-0.4, -0.2) is 45.0 Å². The number of nitrogens with one attached hydrogen (secondary N) is 1. The van der Waals surface area contributed by atoms with Gasteiger partial charge < -0.3 is 9.84 Å². The van der Waals surface area contributed by atoms with Crippen LogP contribution in [0.2, 0.25) is 5.02 Å². The van der Waals surface area contributed by atoms with Gasteiger partial charge in [-0.25, -0.2) is 4.39 Å². The van der Waals surface area contributed by atoms with Crippen LogP contribution in [-0.2, 0) is 31.1 Å². The molecule has 2 N–H and O–H groups in total. The van der Waals surface area contributed by atoms with Crippen LogP contribution in [0.25, 0.3) is 0 Å². The molecule has 0 bridgehead atoms. The van der Waals surface area contributed by atoms with E-state index in [1.165, 1.54) is 40.5 Å². The Morgan fingerprint density at radius 2 is 1.68 bits per heavy atom. The number of likely N-dealkylation sites (tertiary alicyclic amines) is 1. The lowest BCUT2D eigenvalue weighted by molar-refractivity contribution is -0.274. The zero-order chi connectivity index (χ0) is 37.4. The van der Waals surface area contributed by atoms with Gasteiger partial charge in [0.1, 0.15) is 17.3 Å². The number of nitrogens with zero attached hydrogens (tertiary/aromatic N) is 2. The number of hydrazine groups is 1. The number of allylic oxidation sites excluding steroid dienone is 2. The molecule has 6 atom stereocenters. The Labute approximate surface area is 308 Å². The van der Waals surface area contributed by atoms with Crippen LogP contribution in [0.4, 0.5) is 23.2 Å². The minimum atomic E-state index is -5.10. The lowest BCUT2D eigenvalue weighted by atomic mass is 9.49. The molecule has 2 saturated heterocycles. The molecule has 4 aliphatic rings. The summed E-state index contributed by atoms with van der Waals surface area (Å²) in [6.45, 7) is 0.0519. The van der Waals surface area contributed by atoms with E-state index in [2.05, 4.69) is 10.2 Å². The number of carbonyl (C=O) groups is 4. The predicted molar refractivity (Wildman–Crippen MR) is 184 cm³/mol. The van der Waals surface area contributed by atoms with E-state index in [0.717, 1.165) is 40.2 Å². The van der Waals surface area contributed by atoms with Crippen molar-refractivity contribution < 1.29 is 46.6 Å². The number of alkyl halides is 3. The highest BCUT2D eigenvalue weighted by Gasteiger charge is 2.70. The van der Waals surface area contributed by atoms with Crippen molar-refractivity contribution >= 4 is 52.3 Å². The lowest BCUT2D eigenvalue weighted by Gasteiger charge is -2.50. The van der Waals surface area contributed by atoms with Gasteiger partial charge in [0.15, 0.2) is 0 Å². The van der Waals surface area contributed by atoms with Crippen LogP contribution < -0.4 is 10.2 Å². The lowest BCUT2D eigenvalue weighted by Crippen LogP contribution is -2.53. The number of amides is 4. The third-order valence-corrected chi connectivity index (χ3v) is 11.9. The number of carbonyl (C=O) groups excluding carboxylic acids is 4. The third kappa shape index (κ3) is 5.66. The van der Waals surface area contributed by atoms with Crippen LogP contribution in [0.3, 0.4) is 0 Å². The van der Waals surface area contributed by atoms with E-state index in [1.807, 2.05) is 5.38 Å². The fourth-order valence-electron chi connectivity index (χ4n) is 8.74. The Morgan fingerprint density at radius 3 is 2.36 bits per heavy atom. The number of hydrogen-bond donors (Lipinski definition) is 2. The Balaban J connectivity index is 1.33. The number of phenolic OH excluding ortho intramolecular Hbond substituents is 1. The molecule has 3 fully saturated rings. The number of imide groups is 2. The van der Waals surface area contributed by atoms with E-state index >= 15 is 4.79 Å². The highest BCUT2D eigenvalue weighted by Crippen LogP contribution is 2.65.